The summed E-state index contributed by atoms with van der Waals surface area (Å²) in [5, 5.41) is 14.3. The van der Waals surface area contributed by atoms with E-state index in [1.165, 1.54) is 0 Å². The molecule has 1 saturated heterocycles. The van der Waals surface area contributed by atoms with Crippen LogP contribution in [0.5, 0.6) is 0 Å². The van der Waals surface area contributed by atoms with Gasteiger partial charge in [-0.15, -0.1) is 0 Å². The molecule has 2 heterocycles. The number of hydrogen-bond donors (Lipinski definition) is 1. The molecule has 118 valence electrons. The number of allylic oxidation sites excluding steroid dienone is 1. The molecule has 0 bridgehead atoms. The third-order valence-electron chi connectivity index (χ3n) is 2.93. The van der Waals surface area contributed by atoms with Crippen LogP contribution >= 0.6 is 46.4 Å². The minimum atomic E-state index is -0.617. The standard InChI is InChI=1S/C12H10Cl4N4O2/c13-8-2-1-7(5-18-8)6-19-4-3-17-12(19)10(20(21)22)9(14)11(15)16/h1-2,5,17H,3-4,6H2/b12-10-. The molecule has 1 N–H and O–H groups in total. The maximum atomic E-state index is 11.3. The van der Waals surface area contributed by atoms with Crippen LogP contribution in [-0.2, 0) is 6.54 Å². The van der Waals surface area contributed by atoms with Crippen LogP contribution in [0.15, 0.2) is 39.4 Å². The molecule has 0 radical (unpaired) electrons. The molecule has 22 heavy (non-hydrogen) atoms. The maximum Gasteiger partial charge on any atom is 0.330 e. The van der Waals surface area contributed by atoms with Crippen molar-refractivity contribution in [3.63, 3.8) is 0 Å². The quantitative estimate of drug-likeness (QED) is 0.489. The first-order valence-corrected chi connectivity index (χ1v) is 7.60. The van der Waals surface area contributed by atoms with Gasteiger partial charge in [0.15, 0.2) is 10.9 Å². The van der Waals surface area contributed by atoms with Crippen molar-refractivity contribution < 1.29 is 4.92 Å². The number of halogens is 4. The first-order chi connectivity index (χ1) is 10.4. The number of nitro groups is 1. The van der Waals surface area contributed by atoms with Crippen molar-refractivity contribution in [1.82, 2.24) is 15.2 Å². The molecule has 2 rings (SSSR count). The topological polar surface area (TPSA) is 71.3 Å². The molecule has 1 aromatic rings. The highest BCUT2D eigenvalue weighted by Gasteiger charge is 2.31. The first kappa shape index (κ1) is 17.1. The van der Waals surface area contributed by atoms with Gasteiger partial charge in [0.05, 0.1) is 4.92 Å². The molecule has 0 saturated carbocycles. The number of pyridine rings is 1. The van der Waals surface area contributed by atoms with Crippen LogP contribution in [0.4, 0.5) is 0 Å². The second-order valence-electron chi connectivity index (χ2n) is 4.37. The van der Waals surface area contributed by atoms with Crippen LogP contribution in [0.3, 0.4) is 0 Å². The molecule has 0 atom stereocenters. The van der Waals surface area contributed by atoms with Gasteiger partial charge < -0.3 is 10.2 Å². The van der Waals surface area contributed by atoms with Crippen molar-refractivity contribution in [2.75, 3.05) is 13.1 Å². The predicted octanol–water partition coefficient (Wildman–Crippen LogP) is 3.47. The van der Waals surface area contributed by atoms with Crippen LogP contribution in [0, 0.1) is 10.1 Å². The Kier molecular flexibility index (Phi) is 5.74. The van der Waals surface area contributed by atoms with Crippen molar-refractivity contribution in [3.8, 4) is 0 Å². The fourth-order valence-corrected chi connectivity index (χ4v) is 2.45. The van der Waals surface area contributed by atoms with E-state index in [2.05, 4.69) is 10.3 Å². The van der Waals surface area contributed by atoms with Gasteiger partial charge in [-0.3, -0.25) is 10.1 Å². The van der Waals surface area contributed by atoms with Crippen molar-refractivity contribution in [2.24, 2.45) is 0 Å². The summed E-state index contributed by atoms with van der Waals surface area (Å²) in [6.45, 7) is 1.52. The largest absolute Gasteiger partial charge is 0.364 e. The Balaban J connectivity index is 2.35. The van der Waals surface area contributed by atoms with Crippen LogP contribution in [0.1, 0.15) is 5.56 Å². The van der Waals surface area contributed by atoms with E-state index < -0.39 is 4.92 Å². The monoisotopic (exact) mass is 382 g/mol. The van der Waals surface area contributed by atoms with Gasteiger partial charge >= 0.3 is 5.70 Å². The van der Waals surface area contributed by atoms with Gasteiger partial charge in [-0.1, -0.05) is 52.5 Å². The zero-order valence-electron chi connectivity index (χ0n) is 11.0. The van der Waals surface area contributed by atoms with Crippen LogP contribution in [-0.4, -0.2) is 27.9 Å². The second kappa shape index (κ2) is 7.37. The summed E-state index contributed by atoms with van der Waals surface area (Å²) in [7, 11) is 0. The van der Waals surface area contributed by atoms with E-state index in [0.717, 1.165) is 5.56 Å². The van der Waals surface area contributed by atoms with E-state index in [0.29, 0.717) is 24.8 Å². The lowest BCUT2D eigenvalue weighted by atomic mass is 10.2. The van der Waals surface area contributed by atoms with Gasteiger partial charge in [0, 0.05) is 25.8 Å². The number of nitrogens with one attached hydrogen (secondary N) is 1. The third kappa shape index (κ3) is 3.95. The highest BCUT2D eigenvalue weighted by Crippen LogP contribution is 2.29. The smallest absolute Gasteiger partial charge is 0.330 e. The van der Waals surface area contributed by atoms with Crippen molar-refractivity contribution in [2.45, 2.75) is 6.54 Å². The first-order valence-electron chi connectivity index (χ1n) is 6.09. The molecule has 0 spiro atoms. The number of aromatic nitrogens is 1. The van der Waals surface area contributed by atoms with E-state index >= 15 is 0 Å². The average Bonchev–Trinajstić information content (AvgIpc) is 2.89. The van der Waals surface area contributed by atoms with Crippen molar-refractivity contribution in [3.05, 3.63) is 60.2 Å². The normalized spacial score (nSPS) is 16.3. The predicted molar refractivity (Wildman–Crippen MR) is 86.3 cm³/mol. The number of nitrogens with zero attached hydrogens (tertiary/aromatic N) is 3. The zero-order valence-corrected chi connectivity index (χ0v) is 14.0. The molecule has 0 aliphatic carbocycles. The van der Waals surface area contributed by atoms with Gasteiger partial charge in [-0.05, 0) is 11.6 Å². The van der Waals surface area contributed by atoms with Gasteiger partial charge in [0.2, 0.25) is 0 Å². The minimum Gasteiger partial charge on any atom is -0.364 e. The van der Waals surface area contributed by atoms with Crippen LogP contribution < -0.4 is 5.32 Å². The summed E-state index contributed by atoms with van der Waals surface area (Å²) in [4.78, 5) is 16.4. The molecule has 0 aromatic carbocycles. The summed E-state index contributed by atoms with van der Waals surface area (Å²) in [5.74, 6) is 0.267. The summed E-state index contributed by atoms with van der Waals surface area (Å²) >= 11 is 22.8. The van der Waals surface area contributed by atoms with E-state index in [4.69, 9.17) is 46.4 Å². The molecular weight excluding hydrogens is 374 g/mol. The van der Waals surface area contributed by atoms with E-state index in [9.17, 15) is 10.1 Å². The van der Waals surface area contributed by atoms with Gasteiger partial charge in [-0.25, -0.2) is 4.98 Å². The van der Waals surface area contributed by atoms with Gasteiger partial charge in [-0.2, -0.15) is 0 Å². The molecule has 0 amide bonds. The molecule has 10 heteroatoms. The second-order valence-corrected chi connectivity index (χ2v) is 6.08. The Labute approximate surface area is 146 Å². The summed E-state index contributed by atoms with van der Waals surface area (Å²) in [6, 6.07) is 3.45. The molecule has 1 aliphatic rings. The van der Waals surface area contributed by atoms with Gasteiger partial charge in [0.25, 0.3) is 0 Å². The van der Waals surface area contributed by atoms with Gasteiger partial charge in [0.1, 0.15) is 9.64 Å². The fraction of sp³-hybridized carbons (Fsp3) is 0.250. The van der Waals surface area contributed by atoms with E-state index in [1.807, 2.05) is 0 Å². The third-order valence-corrected chi connectivity index (χ3v) is 4.10. The lowest BCUT2D eigenvalue weighted by Crippen LogP contribution is -2.24. The Morgan fingerprint density at radius 1 is 1.41 bits per heavy atom. The zero-order chi connectivity index (χ0) is 16.3. The molecule has 1 aliphatic heterocycles. The SMILES string of the molecule is O=[N+]([O-])/C(C(Cl)=C(Cl)Cl)=C1/NCCN1Cc1ccc(Cl)nc1. The molecule has 1 fully saturated rings. The number of rotatable bonds is 4. The molecule has 0 unspecified atom stereocenters. The van der Waals surface area contributed by atoms with E-state index in [1.54, 1.807) is 23.2 Å². The summed E-state index contributed by atoms with van der Waals surface area (Å²) < 4.78 is -0.359. The molecule has 1 aromatic heterocycles. The fourth-order valence-electron chi connectivity index (χ4n) is 2.00. The lowest BCUT2D eigenvalue weighted by molar-refractivity contribution is -0.422. The average molecular weight is 384 g/mol. The summed E-state index contributed by atoms with van der Waals surface area (Å²) in [6.07, 6.45) is 1.61. The molecular formula is C12H10Cl4N4O2. The maximum absolute atomic E-state index is 11.3. The highest BCUT2D eigenvalue weighted by atomic mass is 35.5. The van der Waals surface area contributed by atoms with E-state index in [-0.39, 0.29) is 21.0 Å². The number of hydrogen-bond acceptors (Lipinski definition) is 5. The van der Waals surface area contributed by atoms with Crippen molar-refractivity contribution in [1.29, 1.82) is 0 Å². The minimum absolute atomic E-state index is 0.267. The Morgan fingerprint density at radius 3 is 2.68 bits per heavy atom. The molecule has 6 nitrogen and oxygen atoms in total. The Morgan fingerprint density at radius 2 is 2.14 bits per heavy atom. The van der Waals surface area contributed by atoms with Crippen LogP contribution in [0.25, 0.3) is 0 Å². The Bertz CT molecular complexity index is 641. The van der Waals surface area contributed by atoms with Crippen LogP contribution in [0.2, 0.25) is 5.15 Å². The Hall–Kier alpha value is -1.21. The summed E-state index contributed by atoms with van der Waals surface area (Å²) in [5.41, 5.74) is 0.492. The lowest BCUT2D eigenvalue weighted by Gasteiger charge is -2.18. The van der Waals surface area contributed by atoms with Crippen molar-refractivity contribution >= 4 is 46.4 Å². The highest BCUT2D eigenvalue weighted by molar-refractivity contribution is 6.59.